The minimum atomic E-state index is -0.407. The number of thiophene rings is 1. The Morgan fingerprint density at radius 1 is 1.26 bits per heavy atom. The van der Waals surface area contributed by atoms with Gasteiger partial charge in [0.25, 0.3) is 0 Å². The highest BCUT2D eigenvalue weighted by molar-refractivity contribution is 7.14. The lowest BCUT2D eigenvalue weighted by Gasteiger charge is -2.14. The van der Waals surface area contributed by atoms with Crippen LogP contribution in [0.4, 0.5) is 0 Å². The van der Waals surface area contributed by atoms with E-state index in [4.69, 9.17) is 14.2 Å². The fraction of sp³-hybridized carbons (Fsp3) is 0.643. The maximum absolute atomic E-state index is 11.8. The van der Waals surface area contributed by atoms with E-state index in [1.807, 2.05) is 19.9 Å². The van der Waals surface area contributed by atoms with E-state index in [2.05, 4.69) is 13.8 Å². The Morgan fingerprint density at radius 2 is 1.84 bits per heavy atom. The quantitative estimate of drug-likeness (QED) is 0.566. The molecule has 0 aliphatic carbocycles. The van der Waals surface area contributed by atoms with Crippen LogP contribution in [-0.4, -0.2) is 26.3 Å². The molecule has 0 saturated carbocycles. The third-order valence-electron chi connectivity index (χ3n) is 2.64. The second kappa shape index (κ2) is 7.62. The van der Waals surface area contributed by atoms with Gasteiger partial charge in [-0.05, 0) is 31.4 Å². The molecule has 0 saturated heterocycles. The zero-order chi connectivity index (χ0) is 14.4. The Hall–Kier alpha value is -0.910. The van der Waals surface area contributed by atoms with E-state index >= 15 is 0 Å². The van der Waals surface area contributed by atoms with Gasteiger partial charge < -0.3 is 14.2 Å². The molecule has 0 unspecified atom stereocenters. The zero-order valence-electron chi connectivity index (χ0n) is 12.2. The Morgan fingerprint density at radius 3 is 2.26 bits per heavy atom. The van der Waals surface area contributed by atoms with Crippen LogP contribution in [0.1, 0.15) is 60.0 Å². The molecule has 0 fully saturated rings. The topological polar surface area (TPSA) is 44.8 Å². The Kier molecular flexibility index (Phi) is 6.48. The van der Waals surface area contributed by atoms with Crippen molar-refractivity contribution in [3.05, 3.63) is 21.4 Å². The van der Waals surface area contributed by atoms with E-state index in [0.29, 0.717) is 18.1 Å². The number of carbonyl (C=O) groups excluding carboxylic acids is 1. The molecule has 1 aromatic heterocycles. The fourth-order valence-corrected chi connectivity index (χ4v) is 2.97. The highest BCUT2D eigenvalue weighted by Crippen LogP contribution is 2.34. The van der Waals surface area contributed by atoms with Gasteiger partial charge in [0, 0.05) is 13.2 Å². The van der Waals surface area contributed by atoms with Gasteiger partial charge in [-0.2, -0.15) is 0 Å². The van der Waals surface area contributed by atoms with Crippen LogP contribution < -0.4 is 0 Å². The Labute approximate surface area is 118 Å². The summed E-state index contributed by atoms with van der Waals surface area (Å²) in [6, 6.07) is 1.98. The predicted molar refractivity (Wildman–Crippen MR) is 75.7 cm³/mol. The van der Waals surface area contributed by atoms with E-state index in [1.54, 1.807) is 0 Å². The summed E-state index contributed by atoms with van der Waals surface area (Å²) in [5, 5.41) is 0. The van der Waals surface area contributed by atoms with Crippen molar-refractivity contribution >= 4 is 17.3 Å². The molecular weight excluding hydrogens is 264 g/mol. The number of hydrogen-bond donors (Lipinski definition) is 0. The van der Waals surface area contributed by atoms with E-state index in [0.717, 1.165) is 10.4 Å². The molecule has 0 bridgehead atoms. The first-order valence-corrected chi connectivity index (χ1v) is 7.31. The first kappa shape index (κ1) is 16.1. The molecule has 0 spiro atoms. The average Bonchev–Trinajstić information content (AvgIpc) is 2.82. The van der Waals surface area contributed by atoms with Gasteiger partial charge in [0.05, 0.1) is 12.0 Å². The van der Waals surface area contributed by atoms with Crippen LogP contribution in [0.25, 0.3) is 0 Å². The molecule has 4 nitrogen and oxygen atoms in total. The molecule has 1 rings (SSSR count). The number of carbonyl (C=O) groups is 1. The molecular formula is C14H22O4S. The molecule has 108 valence electrons. The van der Waals surface area contributed by atoms with E-state index in [1.165, 1.54) is 18.4 Å². The van der Waals surface area contributed by atoms with Crippen molar-refractivity contribution in [1.82, 2.24) is 0 Å². The number of ether oxygens (including phenoxy) is 3. The first-order valence-electron chi connectivity index (χ1n) is 6.50. The molecule has 5 heteroatoms. The number of hydrogen-bond acceptors (Lipinski definition) is 5. The maximum Gasteiger partial charge on any atom is 0.348 e. The van der Waals surface area contributed by atoms with Crippen LogP contribution >= 0.6 is 11.3 Å². The molecule has 0 aliphatic rings. The van der Waals surface area contributed by atoms with Crippen molar-refractivity contribution in [2.24, 2.45) is 0 Å². The van der Waals surface area contributed by atoms with Crippen molar-refractivity contribution in [1.29, 1.82) is 0 Å². The highest BCUT2D eigenvalue weighted by atomic mass is 32.1. The summed E-state index contributed by atoms with van der Waals surface area (Å²) in [5.74, 6) is -0.0466. The normalized spacial score (nSPS) is 11.3. The van der Waals surface area contributed by atoms with Gasteiger partial charge in [0.15, 0.2) is 6.29 Å². The summed E-state index contributed by atoms with van der Waals surface area (Å²) in [6.45, 7) is 9.07. The summed E-state index contributed by atoms with van der Waals surface area (Å²) in [4.78, 5) is 13.3. The lowest BCUT2D eigenvalue weighted by molar-refractivity contribution is -0.138. The Bertz CT molecular complexity index is 406. The molecule has 1 heterocycles. The van der Waals surface area contributed by atoms with E-state index < -0.39 is 6.29 Å². The first-order chi connectivity index (χ1) is 9.04. The fourth-order valence-electron chi connectivity index (χ4n) is 1.74. The minimum Gasteiger partial charge on any atom is -0.465 e. The SMILES string of the molecule is CCOC(OCC)c1cc(C(C)C)c(C(=O)OC)s1. The third kappa shape index (κ3) is 4.03. The molecule has 1 aromatic rings. The van der Waals surface area contributed by atoms with Gasteiger partial charge in [0.2, 0.25) is 0 Å². The summed E-state index contributed by atoms with van der Waals surface area (Å²) >= 11 is 1.38. The summed E-state index contributed by atoms with van der Waals surface area (Å²) in [6.07, 6.45) is -0.407. The smallest absolute Gasteiger partial charge is 0.348 e. The van der Waals surface area contributed by atoms with Crippen molar-refractivity contribution in [3.63, 3.8) is 0 Å². The van der Waals surface area contributed by atoms with Crippen molar-refractivity contribution < 1.29 is 19.0 Å². The monoisotopic (exact) mass is 286 g/mol. The van der Waals surface area contributed by atoms with Crippen molar-refractivity contribution in [2.45, 2.75) is 39.9 Å². The van der Waals surface area contributed by atoms with Crippen LogP contribution in [0.5, 0.6) is 0 Å². The summed E-state index contributed by atoms with van der Waals surface area (Å²) < 4.78 is 16.0. The predicted octanol–water partition coefficient (Wildman–Crippen LogP) is 3.73. The number of methoxy groups -OCH3 is 1. The molecule has 0 atom stereocenters. The van der Waals surface area contributed by atoms with Gasteiger partial charge in [-0.25, -0.2) is 4.79 Å². The van der Waals surface area contributed by atoms with Crippen LogP contribution in [0.3, 0.4) is 0 Å². The second-order valence-electron chi connectivity index (χ2n) is 4.32. The van der Waals surface area contributed by atoms with Gasteiger partial charge in [0.1, 0.15) is 4.88 Å². The minimum absolute atomic E-state index is 0.253. The average molecular weight is 286 g/mol. The molecule has 0 N–H and O–H groups in total. The Balaban J connectivity index is 3.11. The summed E-state index contributed by atoms with van der Waals surface area (Å²) in [5.41, 5.74) is 0.983. The van der Waals surface area contributed by atoms with E-state index in [-0.39, 0.29) is 11.9 Å². The highest BCUT2D eigenvalue weighted by Gasteiger charge is 2.23. The second-order valence-corrected chi connectivity index (χ2v) is 5.41. The molecule has 0 amide bonds. The van der Waals surface area contributed by atoms with Crippen LogP contribution in [0.2, 0.25) is 0 Å². The van der Waals surface area contributed by atoms with Crippen LogP contribution in [0.15, 0.2) is 6.07 Å². The lowest BCUT2D eigenvalue weighted by atomic mass is 10.0. The van der Waals surface area contributed by atoms with Gasteiger partial charge in [-0.3, -0.25) is 0 Å². The van der Waals surface area contributed by atoms with Crippen molar-refractivity contribution in [2.75, 3.05) is 20.3 Å². The third-order valence-corrected chi connectivity index (χ3v) is 3.79. The van der Waals surface area contributed by atoms with Gasteiger partial charge in [-0.1, -0.05) is 13.8 Å². The summed E-state index contributed by atoms with van der Waals surface area (Å²) in [7, 11) is 1.40. The van der Waals surface area contributed by atoms with Gasteiger partial charge >= 0.3 is 5.97 Å². The molecule has 19 heavy (non-hydrogen) atoms. The zero-order valence-corrected chi connectivity index (χ0v) is 13.0. The van der Waals surface area contributed by atoms with Crippen molar-refractivity contribution in [3.8, 4) is 0 Å². The lowest BCUT2D eigenvalue weighted by Crippen LogP contribution is -2.07. The standard InChI is InChI=1S/C14H22O4S/c1-6-17-14(18-7-2)11-8-10(9(3)4)12(19-11)13(15)16-5/h8-9,14H,6-7H2,1-5H3. The number of rotatable bonds is 7. The molecule has 0 aliphatic heterocycles. The molecule has 0 radical (unpaired) electrons. The maximum atomic E-state index is 11.8. The largest absolute Gasteiger partial charge is 0.465 e. The van der Waals surface area contributed by atoms with E-state index in [9.17, 15) is 4.79 Å². The van der Waals surface area contributed by atoms with Crippen LogP contribution in [0, 0.1) is 0 Å². The van der Waals surface area contributed by atoms with Crippen LogP contribution in [-0.2, 0) is 14.2 Å². The van der Waals surface area contributed by atoms with Gasteiger partial charge in [-0.15, -0.1) is 11.3 Å². The number of esters is 1. The molecule has 0 aromatic carbocycles.